The van der Waals surface area contributed by atoms with E-state index < -0.39 is 10.0 Å². The predicted molar refractivity (Wildman–Crippen MR) is 85.6 cm³/mol. The molecule has 2 rings (SSSR count). The van der Waals surface area contributed by atoms with Crippen LogP contribution in [0.3, 0.4) is 0 Å². The van der Waals surface area contributed by atoms with E-state index in [-0.39, 0.29) is 0 Å². The second-order valence-electron chi connectivity index (χ2n) is 6.25. The molecule has 1 saturated heterocycles. The lowest BCUT2D eigenvalue weighted by molar-refractivity contribution is 0.281. The second-order valence-corrected chi connectivity index (χ2v) is 8.16. The second kappa shape index (κ2) is 6.90. The van der Waals surface area contributed by atoms with E-state index in [2.05, 4.69) is 26.1 Å². The number of rotatable bonds is 5. The van der Waals surface area contributed by atoms with Crippen molar-refractivity contribution in [3.8, 4) is 0 Å². The van der Waals surface area contributed by atoms with Gasteiger partial charge in [-0.1, -0.05) is 39.0 Å². The van der Waals surface area contributed by atoms with Gasteiger partial charge < -0.3 is 5.32 Å². The Bertz CT molecular complexity index is 569. The highest BCUT2D eigenvalue weighted by molar-refractivity contribution is 7.89. The minimum Gasteiger partial charge on any atom is -0.310 e. The molecule has 1 unspecified atom stereocenters. The molecule has 0 saturated carbocycles. The van der Waals surface area contributed by atoms with Crippen molar-refractivity contribution in [3.05, 3.63) is 29.8 Å². The molecule has 0 radical (unpaired) electrons. The molecule has 0 aliphatic carbocycles. The van der Waals surface area contributed by atoms with Crippen LogP contribution in [0.5, 0.6) is 0 Å². The minimum absolute atomic E-state index is 0.329. The van der Waals surface area contributed by atoms with E-state index >= 15 is 0 Å². The topological polar surface area (TPSA) is 49.4 Å². The zero-order valence-corrected chi connectivity index (χ0v) is 14.0. The summed E-state index contributed by atoms with van der Waals surface area (Å²) in [6.45, 7) is 8.09. The van der Waals surface area contributed by atoms with Crippen LogP contribution in [0.2, 0.25) is 0 Å². The van der Waals surface area contributed by atoms with E-state index in [0.717, 1.165) is 18.4 Å². The third-order valence-corrected chi connectivity index (χ3v) is 5.88. The molecule has 0 bridgehead atoms. The molecule has 1 aromatic rings. The zero-order chi connectivity index (χ0) is 15.5. The van der Waals surface area contributed by atoms with Gasteiger partial charge in [0.15, 0.2) is 0 Å². The van der Waals surface area contributed by atoms with Gasteiger partial charge in [-0.3, -0.25) is 0 Å². The van der Waals surface area contributed by atoms with Crippen molar-refractivity contribution in [1.82, 2.24) is 9.62 Å². The fraction of sp³-hybridized carbons (Fsp3) is 0.625. The molecule has 1 heterocycles. The zero-order valence-electron chi connectivity index (χ0n) is 13.2. The predicted octanol–water partition coefficient (Wildman–Crippen LogP) is 2.61. The van der Waals surface area contributed by atoms with Crippen molar-refractivity contribution in [2.45, 2.75) is 51.1 Å². The van der Waals surface area contributed by atoms with Crippen molar-refractivity contribution in [2.75, 3.05) is 13.1 Å². The highest BCUT2D eigenvalue weighted by Gasteiger charge is 2.30. The Balaban J connectivity index is 2.27. The van der Waals surface area contributed by atoms with Gasteiger partial charge in [0.25, 0.3) is 0 Å². The monoisotopic (exact) mass is 310 g/mol. The fourth-order valence-electron chi connectivity index (χ4n) is 2.72. The maximum Gasteiger partial charge on any atom is 0.243 e. The summed E-state index contributed by atoms with van der Waals surface area (Å²) in [6, 6.07) is 7.66. The number of benzene rings is 1. The van der Waals surface area contributed by atoms with Crippen LogP contribution in [0, 0.1) is 5.92 Å². The van der Waals surface area contributed by atoms with E-state index in [1.807, 2.05) is 12.1 Å². The van der Waals surface area contributed by atoms with Crippen molar-refractivity contribution < 1.29 is 8.42 Å². The lowest BCUT2D eigenvalue weighted by atomic mass is 10.0. The molecule has 21 heavy (non-hydrogen) atoms. The number of nitrogens with one attached hydrogen (secondary N) is 1. The van der Waals surface area contributed by atoms with Crippen molar-refractivity contribution >= 4 is 10.0 Å². The number of piperidine rings is 1. The number of hydrogen-bond acceptors (Lipinski definition) is 3. The summed E-state index contributed by atoms with van der Waals surface area (Å²) in [5.41, 5.74) is 0.851. The van der Waals surface area contributed by atoms with Crippen LogP contribution in [0.15, 0.2) is 29.2 Å². The molecule has 5 heteroatoms. The van der Waals surface area contributed by atoms with Gasteiger partial charge in [0.05, 0.1) is 4.90 Å². The van der Waals surface area contributed by atoms with Crippen molar-refractivity contribution in [1.29, 1.82) is 0 Å². The summed E-state index contributed by atoms with van der Waals surface area (Å²) in [4.78, 5) is 0.451. The first kappa shape index (κ1) is 16.5. The lowest BCUT2D eigenvalue weighted by Gasteiger charge is -2.30. The lowest BCUT2D eigenvalue weighted by Crippen LogP contribution is -2.39. The summed E-state index contributed by atoms with van der Waals surface area (Å²) in [5.74, 6) is 0.439. The average molecular weight is 310 g/mol. The Labute approximate surface area is 128 Å². The molecule has 4 nitrogen and oxygen atoms in total. The van der Waals surface area contributed by atoms with E-state index in [9.17, 15) is 8.42 Å². The Morgan fingerprint density at radius 2 is 2.05 bits per heavy atom. The quantitative estimate of drug-likeness (QED) is 0.909. The highest BCUT2D eigenvalue weighted by Crippen LogP contribution is 2.25. The molecule has 118 valence electrons. The number of hydrogen-bond donors (Lipinski definition) is 1. The van der Waals surface area contributed by atoms with Gasteiger partial charge in [0, 0.05) is 25.7 Å². The third kappa shape index (κ3) is 4.05. The molecule has 1 aliphatic heterocycles. The van der Waals surface area contributed by atoms with Crippen LogP contribution in [0.25, 0.3) is 0 Å². The molecule has 1 atom stereocenters. The molecule has 1 aliphatic rings. The number of sulfonamides is 1. The Morgan fingerprint density at radius 3 is 2.71 bits per heavy atom. The molecule has 1 fully saturated rings. The Kier molecular flexibility index (Phi) is 5.41. The van der Waals surface area contributed by atoms with Gasteiger partial charge >= 0.3 is 0 Å². The maximum atomic E-state index is 12.9. The average Bonchev–Trinajstić information content (AvgIpc) is 2.45. The summed E-state index contributed by atoms with van der Waals surface area (Å²) in [6.07, 6.45) is 2.06. The summed E-state index contributed by atoms with van der Waals surface area (Å²) in [5, 5.41) is 3.30. The van der Waals surface area contributed by atoms with Crippen LogP contribution in [-0.4, -0.2) is 31.9 Å². The molecule has 1 N–H and O–H groups in total. The van der Waals surface area contributed by atoms with Crippen LogP contribution in [0.1, 0.15) is 39.2 Å². The third-order valence-electron chi connectivity index (χ3n) is 3.91. The van der Waals surface area contributed by atoms with E-state index in [1.165, 1.54) is 0 Å². The molecular weight excluding hydrogens is 284 g/mol. The van der Waals surface area contributed by atoms with Crippen LogP contribution >= 0.6 is 0 Å². The maximum absolute atomic E-state index is 12.9. The SMILES string of the molecule is CC1CCCN(S(=O)(=O)c2ccccc2CNC(C)C)C1. The van der Waals surface area contributed by atoms with Gasteiger partial charge in [-0.25, -0.2) is 8.42 Å². The molecule has 0 aromatic heterocycles. The van der Waals surface area contributed by atoms with Crippen LogP contribution < -0.4 is 5.32 Å². The first-order chi connectivity index (χ1) is 9.91. The van der Waals surface area contributed by atoms with Crippen LogP contribution in [-0.2, 0) is 16.6 Å². The van der Waals surface area contributed by atoms with Gasteiger partial charge in [-0.2, -0.15) is 4.31 Å². The molecular formula is C16H26N2O2S. The van der Waals surface area contributed by atoms with Gasteiger partial charge in [0.1, 0.15) is 0 Å². The van der Waals surface area contributed by atoms with Gasteiger partial charge in [-0.15, -0.1) is 0 Å². The molecule has 1 aromatic carbocycles. The molecule has 0 amide bonds. The largest absolute Gasteiger partial charge is 0.310 e. The first-order valence-corrected chi connectivity index (χ1v) is 9.16. The van der Waals surface area contributed by atoms with Gasteiger partial charge in [-0.05, 0) is 30.4 Å². The summed E-state index contributed by atoms with van der Waals surface area (Å²) in [7, 11) is -3.38. The van der Waals surface area contributed by atoms with Crippen molar-refractivity contribution in [2.24, 2.45) is 5.92 Å². The van der Waals surface area contributed by atoms with Crippen LogP contribution in [0.4, 0.5) is 0 Å². The Morgan fingerprint density at radius 1 is 1.33 bits per heavy atom. The summed E-state index contributed by atoms with van der Waals surface area (Å²) >= 11 is 0. The van der Waals surface area contributed by atoms with E-state index in [4.69, 9.17) is 0 Å². The highest BCUT2D eigenvalue weighted by atomic mass is 32.2. The summed E-state index contributed by atoms with van der Waals surface area (Å²) < 4.78 is 27.4. The fourth-order valence-corrected chi connectivity index (χ4v) is 4.54. The first-order valence-electron chi connectivity index (χ1n) is 7.72. The normalized spacial score (nSPS) is 20.9. The van der Waals surface area contributed by atoms with Gasteiger partial charge in [0.2, 0.25) is 10.0 Å². The minimum atomic E-state index is -3.38. The standard InChI is InChI=1S/C16H26N2O2S/c1-13(2)17-11-15-8-4-5-9-16(15)21(19,20)18-10-6-7-14(3)12-18/h4-5,8-9,13-14,17H,6-7,10-12H2,1-3H3. The van der Waals surface area contributed by atoms with E-state index in [0.29, 0.717) is 36.5 Å². The van der Waals surface area contributed by atoms with E-state index in [1.54, 1.807) is 16.4 Å². The number of nitrogens with zero attached hydrogens (tertiary/aromatic N) is 1. The van der Waals surface area contributed by atoms with Crippen molar-refractivity contribution in [3.63, 3.8) is 0 Å². The molecule has 0 spiro atoms. The Hall–Kier alpha value is -0.910. The smallest absolute Gasteiger partial charge is 0.243 e.